The van der Waals surface area contributed by atoms with Crippen molar-refractivity contribution in [1.82, 2.24) is 0 Å². The van der Waals surface area contributed by atoms with Gasteiger partial charge >= 0.3 is 0 Å². The van der Waals surface area contributed by atoms with Gasteiger partial charge in [0.2, 0.25) is 0 Å². The highest BCUT2D eigenvalue weighted by Crippen LogP contribution is 2.60. The molecular weight excluding hydrogens is 260 g/mol. The molecule has 1 N–H and O–H groups in total. The van der Waals surface area contributed by atoms with Crippen LogP contribution in [0.4, 0.5) is 0 Å². The van der Waals surface area contributed by atoms with Crippen molar-refractivity contribution in [2.45, 2.75) is 57.4 Å². The number of hydrogen-bond donors (Lipinski definition) is 1. The third kappa shape index (κ3) is 1.88. The van der Waals surface area contributed by atoms with E-state index in [1.165, 1.54) is 7.11 Å². The normalized spacial score (nSPS) is 52.9. The smallest absolute Gasteiger partial charge is 0.119 e. The van der Waals surface area contributed by atoms with Gasteiger partial charge in [-0.25, -0.2) is 0 Å². The van der Waals surface area contributed by atoms with Gasteiger partial charge in [0.25, 0.3) is 0 Å². The van der Waals surface area contributed by atoms with Gasteiger partial charge in [-0.05, 0) is 84.8 Å². The van der Waals surface area contributed by atoms with E-state index in [4.69, 9.17) is 10.2 Å². The Morgan fingerprint density at radius 2 is 2.24 bits per heavy atom. The maximum atomic E-state index is 10.5. The van der Waals surface area contributed by atoms with Crippen LogP contribution in [-0.2, 0) is 6.37 Å². The number of aliphatic hydroxyl groups excluding tert-OH is 1. The Morgan fingerprint density at radius 3 is 3.05 bits per heavy atom. The van der Waals surface area contributed by atoms with Crippen LogP contribution < -0.4 is 4.74 Å². The third-order valence-electron chi connectivity index (χ3n) is 6.01. The molecule has 21 heavy (non-hydrogen) atoms. The van der Waals surface area contributed by atoms with Gasteiger partial charge in [0.1, 0.15) is 5.75 Å². The number of methoxy groups -OCH3 is 1. The summed E-state index contributed by atoms with van der Waals surface area (Å²) >= 11 is 0. The number of fused-ring (bicyclic) bond motifs is 5. The Bertz CT molecular complexity index is 751. The van der Waals surface area contributed by atoms with Gasteiger partial charge in [0.05, 0.1) is 13.2 Å². The van der Waals surface area contributed by atoms with Crippen molar-refractivity contribution in [3.8, 4) is 5.75 Å². The van der Waals surface area contributed by atoms with E-state index in [2.05, 4.69) is 0 Å². The van der Waals surface area contributed by atoms with E-state index in [0.717, 1.165) is 0 Å². The number of aryl methyl sites for hydroxylation is 1. The molecule has 0 aliphatic heterocycles. The van der Waals surface area contributed by atoms with Gasteiger partial charge in [0, 0.05) is 6.85 Å². The molecule has 0 radical (unpaired) electrons. The van der Waals surface area contributed by atoms with Crippen LogP contribution in [0.3, 0.4) is 0 Å². The van der Waals surface area contributed by atoms with Crippen LogP contribution in [0.5, 0.6) is 5.75 Å². The maximum Gasteiger partial charge on any atom is 0.119 e. The van der Waals surface area contributed by atoms with E-state index in [9.17, 15) is 6.48 Å². The highest BCUT2D eigenvalue weighted by molar-refractivity contribution is 5.40. The van der Waals surface area contributed by atoms with Gasteiger partial charge in [-0.3, -0.25) is 0 Å². The second-order valence-electron chi connectivity index (χ2n) is 6.89. The minimum absolute atomic E-state index is 0.205. The second-order valence-corrected chi connectivity index (χ2v) is 6.89. The van der Waals surface area contributed by atoms with Crippen LogP contribution in [-0.4, -0.2) is 18.3 Å². The standard InChI is InChI=1S/C19H26O2/c1-19-10-9-15-14-6-4-13(21-2)11-12(14)3-5-16(15)17(19)7-8-18(19)20/h4,6,11,15-18,20H,3,5,7-10H2,1-2H3/t15-,16-,17+,18+,19+/m1/s1/i3D2,5D2,15D. The lowest BCUT2D eigenvalue weighted by molar-refractivity contribution is -0.0226. The van der Waals surface area contributed by atoms with Gasteiger partial charge in [0.15, 0.2) is 0 Å². The zero-order valence-corrected chi connectivity index (χ0v) is 12.6. The fourth-order valence-corrected chi connectivity index (χ4v) is 4.62. The van der Waals surface area contributed by atoms with Crippen molar-refractivity contribution < 1.29 is 16.7 Å². The Hall–Kier alpha value is -1.02. The number of rotatable bonds is 1. The molecule has 1 aromatic rings. The SMILES string of the molecule is [2H]C1([2H])c2cc(OC)ccc2[C@@]2([2H])CC[C@]3(C)[C@@H](O)CC[C@H]3[C@@H]2C1([2H])[2H]. The second kappa shape index (κ2) is 4.74. The molecule has 2 nitrogen and oxygen atoms in total. The highest BCUT2D eigenvalue weighted by atomic mass is 16.5. The molecule has 3 aliphatic rings. The number of ether oxygens (including phenoxy) is 1. The summed E-state index contributed by atoms with van der Waals surface area (Å²) in [6.45, 7) is 1.99. The van der Waals surface area contributed by atoms with E-state index in [1.54, 1.807) is 18.2 Å². The van der Waals surface area contributed by atoms with Crippen LogP contribution in [0.2, 0.25) is 0 Å². The molecule has 2 fully saturated rings. The summed E-state index contributed by atoms with van der Waals surface area (Å²) in [6, 6.07) is 5.03. The van der Waals surface area contributed by atoms with Crippen molar-refractivity contribution in [2.75, 3.05) is 7.11 Å². The molecule has 0 saturated heterocycles. The monoisotopic (exact) mass is 291 g/mol. The summed E-state index contributed by atoms with van der Waals surface area (Å²) in [5.74, 6) is -1.71. The van der Waals surface area contributed by atoms with Crippen molar-refractivity contribution in [2.24, 2.45) is 17.3 Å². The molecule has 0 spiro atoms. The number of benzene rings is 1. The van der Waals surface area contributed by atoms with Crippen LogP contribution in [0.15, 0.2) is 18.2 Å². The van der Waals surface area contributed by atoms with Gasteiger partial charge in [-0.15, -0.1) is 0 Å². The van der Waals surface area contributed by atoms with Gasteiger partial charge in [-0.1, -0.05) is 13.0 Å². The van der Waals surface area contributed by atoms with Crippen LogP contribution in [0.25, 0.3) is 0 Å². The lowest BCUT2D eigenvalue weighted by Crippen LogP contribution is -2.43. The third-order valence-corrected chi connectivity index (χ3v) is 6.01. The molecule has 2 saturated carbocycles. The zero-order valence-electron chi connectivity index (χ0n) is 17.6. The summed E-state index contributed by atoms with van der Waals surface area (Å²) in [7, 11) is 1.50. The molecule has 0 bridgehead atoms. The molecule has 0 amide bonds. The lowest BCUT2D eigenvalue weighted by atomic mass is 9.55. The summed E-state index contributed by atoms with van der Waals surface area (Å²) in [5, 5.41) is 10.5. The molecule has 0 aromatic heterocycles. The largest absolute Gasteiger partial charge is 0.497 e. The zero-order chi connectivity index (χ0) is 19.1. The molecule has 114 valence electrons. The predicted molar refractivity (Wildman–Crippen MR) is 83.6 cm³/mol. The van der Waals surface area contributed by atoms with E-state index >= 15 is 0 Å². The molecule has 0 heterocycles. The van der Waals surface area contributed by atoms with Crippen LogP contribution in [0.1, 0.15) is 62.9 Å². The Morgan fingerprint density at radius 1 is 1.38 bits per heavy atom. The Kier molecular flexibility index (Phi) is 2.08. The first-order chi connectivity index (χ1) is 12.0. The molecule has 1 aromatic carbocycles. The summed E-state index contributed by atoms with van der Waals surface area (Å²) in [4.78, 5) is 0. The first-order valence-corrected chi connectivity index (χ1v) is 7.87. The van der Waals surface area contributed by atoms with Crippen LogP contribution in [0, 0.1) is 17.3 Å². The Balaban J connectivity index is 1.96. The van der Waals surface area contributed by atoms with E-state index in [0.29, 0.717) is 37.0 Å². The molecule has 2 heteroatoms. The van der Waals surface area contributed by atoms with E-state index in [-0.39, 0.29) is 11.5 Å². The molecule has 4 rings (SSSR count). The summed E-state index contributed by atoms with van der Waals surface area (Å²) < 4.78 is 49.4. The first-order valence-electron chi connectivity index (χ1n) is 10.4. The van der Waals surface area contributed by atoms with Gasteiger partial charge in [-0.2, -0.15) is 0 Å². The summed E-state index contributed by atoms with van der Waals surface area (Å²) in [5.41, 5.74) is 0.366. The minimum Gasteiger partial charge on any atom is -0.497 e. The lowest BCUT2D eigenvalue weighted by Gasteiger charge is -2.50. The Labute approximate surface area is 134 Å². The average molecular weight is 291 g/mol. The van der Waals surface area contributed by atoms with Gasteiger partial charge < -0.3 is 9.84 Å². The molecular formula is C19H26O2. The molecule has 5 atom stereocenters. The topological polar surface area (TPSA) is 29.5 Å². The summed E-state index contributed by atoms with van der Waals surface area (Å²) in [6.07, 6.45) is -2.61. The highest BCUT2D eigenvalue weighted by Gasteiger charge is 2.54. The van der Waals surface area contributed by atoms with Crippen LogP contribution >= 0.6 is 0 Å². The fourth-order valence-electron chi connectivity index (χ4n) is 4.62. The maximum absolute atomic E-state index is 10.5. The fraction of sp³-hybridized carbons (Fsp3) is 0.684. The van der Waals surface area contributed by atoms with Crippen molar-refractivity contribution in [3.05, 3.63) is 29.3 Å². The molecule has 0 unspecified atom stereocenters. The van der Waals surface area contributed by atoms with Crippen molar-refractivity contribution >= 4 is 0 Å². The number of aliphatic hydroxyl groups is 1. The first kappa shape index (κ1) is 9.19. The minimum atomic E-state index is -2.22. The van der Waals surface area contributed by atoms with Crippen molar-refractivity contribution in [3.63, 3.8) is 0 Å². The number of hydrogen-bond acceptors (Lipinski definition) is 2. The predicted octanol–water partition coefficient (Wildman–Crippen LogP) is 3.91. The molecule has 3 aliphatic carbocycles. The average Bonchev–Trinajstić information content (AvgIpc) is 2.88. The quantitative estimate of drug-likeness (QED) is 0.850. The van der Waals surface area contributed by atoms with Crippen molar-refractivity contribution in [1.29, 1.82) is 0 Å². The van der Waals surface area contributed by atoms with E-state index in [1.807, 2.05) is 6.92 Å². The van der Waals surface area contributed by atoms with E-state index < -0.39 is 36.1 Å².